The van der Waals surface area contributed by atoms with Crippen LogP contribution in [0.2, 0.25) is 10.0 Å². The number of halogens is 2. The van der Waals surface area contributed by atoms with E-state index in [1.54, 1.807) is 13.2 Å². The van der Waals surface area contributed by atoms with Gasteiger partial charge in [-0.15, -0.1) is 0 Å². The Bertz CT molecular complexity index is 482. The summed E-state index contributed by atoms with van der Waals surface area (Å²) in [4.78, 5) is 0. The average molecular weight is 243 g/mol. The summed E-state index contributed by atoms with van der Waals surface area (Å²) in [7, 11) is 1.56. The van der Waals surface area contributed by atoms with Crippen LogP contribution in [-0.4, -0.2) is 17.3 Å². The Morgan fingerprint density at radius 2 is 2.07 bits per heavy atom. The van der Waals surface area contributed by atoms with Gasteiger partial charge < -0.3 is 4.74 Å². The first-order valence-electron chi connectivity index (χ1n) is 4.25. The lowest BCUT2D eigenvalue weighted by atomic mass is 10.1. The molecule has 0 aliphatic carbocycles. The third-order valence-corrected chi connectivity index (χ3v) is 2.62. The molecule has 0 spiro atoms. The zero-order valence-electron chi connectivity index (χ0n) is 7.92. The maximum Gasteiger partial charge on any atom is 0.146 e. The number of hydrogen-bond donors (Lipinski definition) is 1. The first-order chi connectivity index (χ1) is 7.24. The third-order valence-electron chi connectivity index (χ3n) is 2.03. The number of aromatic amines is 1. The Balaban J connectivity index is 2.63. The van der Waals surface area contributed by atoms with Crippen molar-refractivity contribution in [3.05, 3.63) is 34.4 Å². The lowest BCUT2D eigenvalue weighted by Crippen LogP contribution is -1.89. The minimum atomic E-state index is 0.538. The van der Waals surface area contributed by atoms with Gasteiger partial charge in [0.2, 0.25) is 0 Å². The van der Waals surface area contributed by atoms with E-state index in [1.165, 1.54) is 6.20 Å². The molecule has 0 aliphatic rings. The quantitative estimate of drug-likeness (QED) is 0.877. The van der Waals surface area contributed by atoms with Crippen molar-refractivity contribution in [3.63, 3.8) is 0 Å². The highest BCUT2D eigenvalue weighted by atomic mass is 35.5. The van der Waals surface area contributed by atoms with Crippen molar-refractivity contribution in [2.45, 2.75) is 0 Å². The van der Waals surface area contributed by atoms with E-state index < -0.39 is 0 Å². The zero-order chi connectivity index (χ0) is 10.8. The van der Waals surface area contributed by atoms with Crippen molar-refractivity contribution in [2.75, 3.05) is 7.11 Å². The van der Waals surface area contributed by atoms with Gasteiger partial charge in [-0.25, -0.2) is 0 Å². The number of hydrogen-bond acceptors (Lipinski definition) is 2. The fraction of sp³-hybridized carbons (Fsp3) is 0.100. The van der Waals surface area contributed by atoms with E-state index in [9.17, 15) is 0 Å². The van der Waals surface area contributed by atoms with Crippen LogP contribution in [0.3, 0.4) is 0 Å². The Morgan fingerprint density at radius 1 is 1.27 bits per heavy atom. The van der Waals surface area contributed by atoms with Crippen LogP contribution >= 0.6 is 23.2 Å². The van der Waals surface area contributed by atoms with E-state index in [4.69, 9.17) is 27.9 Å². The Kier molecular flexibility index (Phi) is 2.84. The smallest absolute Gasteiger partial charge is 0.146 e. The minimum Gasteiger partial charge on any atom is -0.494 e. The SMILES string of the molecule is COc1c(Cl)cccc1-c1[nH]ncc1Cl. The van der Waals surface area contributed by atoms with Crippen molar-refractivity contribution in [2.24, 2.45) is 0 Å². The number of nitrogens with one attached hydrogen (secondary N) is 1. The molecule has 78 valence electrons. The molecule has 0 aliphatic heterocycles. The molecule has 0 radical (unpaired) electrons. The van der Waals surface area contributed by atoms with Crippen LogP contribution in [0.15, 0.2) is 24.4 Å². The standard InChI is InChI=1S/C10H8Cl2N2O/c1-15-10-6(3-2-4-7(10)11)9-8(12)5-13-14-9/h2-5H,1H3,(H,13,14). The molecule has 0 atom stereocenters. The average Bonchev–Trinajstić information content (AvgIpc) is 2.64. The summed E-state index contributed by atoms with van der Waals surface area (Å²) in [6, 6.07) is 5.45. The summed E-state index contributed by atoms with van der Waals surface area (Å²) < 4.78 is 5.22. The number of methoxy groups -OCH3 is 1. The lowest BCUT2D eigenvalue weighted by molar-refractivity contribution is 0.416. The number of rotatable bonds is 2. The van der Waals surface area contributed by atoms with Crippen molar-refractivity contribution < 1.29 is 4.74 Å². The topological polar surface area (TPSA) is 37.9 Å². The van der Waals surface area contributed by atoms with Crippen LogP contribution in [0, 0.1) is 0 Å². The van der Waals surface area contributed by atoms with Gasteiger partial charge in [-0.1, -0.05) is 29.3 Å². The molecule has 2 aromatic rings. The number of nitrogens with zero attached hydrogens (tertiary/aromatic N) is 1. The van der Waals surface area contributed by atoms with Crippen LogP contribution in [-0.2, 0) is 0 Å². The predicted molar refractivity (Wildman–Crippen MR) is 60.6 cm³/mol. The lowest BCUT2D eigenvalue weighted by Gasteiger charge is -2.08. The monoisotopic (exact) mass is 242 g/mol. The Labute approximate surface area is 97.0 Å². The van der Waals surface area contributed by atoms with Gasteiger partial charge in [-0.05, 0) is 12.1 Å². The molecular formula is C10H8Cl2N2O. The Morgan fingerprint density at radius 3 is 2.67 bits per heavy atom. The van der Waals surface area contributed by atoms with Gasteiger partial charge in [0.1, 0.15) is 5.75 Å². The van der Waals surface area contributed by atoms with Crippen LogP contribution < -0.4 is 4.74 Å². The van der Waals surface area contributed by atoms with E-state index in [-0.39, 0.29) is 0 Å². The highest BCUT2D eigenvalue weighted by molar-refractivity contribution is 6.34. The molecule has 5 heteroatoms. The zero-order valence-corrected chi connectivity index (χ0v) is 9.43. The number of para-hydroxylation sites is 1. The van der Waals surface area contributed by atoms with E-state index in [0.29, 0.717) is 21.5 Å². The molecular weight excluding hydrogens is 235 g/mol. The van der Waals surface area contributed by atoms with Crippen LogP contribution in [0.4, 0.5) is 0 Å². The Hall–Kier alpha value is -1.19. The van der Waals surface area contributed by atoms with E-state index in [1.807, 2.05) is 12.1 Å². The largest absolute Gasteiger partial charge is 0.494 e. The fourth-order valence-electron chi connectivity index (χ4n) is 1.37. The van der Waals surface area contributed by atoms with Gasteiger partial charge in [0.15, 0.2) is 0 Å². The number of ether oxygens (including phenoxy) is 1. The number of benzene rings is 1. The van der Waals surface area contributed by atoms with Gasteiger partial charge >= 0.3 is 0 Å². The maximum atomic E-state index is 6.00. The van der Waals surface area contributed by atoms with Crippen LogP contribution in [0.1, 0.15) is 0 Å². The van der Waals surface area contributed by atoms with Crippen LogP contribution in [0.5, 0.6) is 5.75 Å². The van der Waals surface area contributed by atoms with Crippen molar-refractivity contribution in [1.82, 2.24) is 10.2 Å². The van der Waals surface area contributed by atoms with E-state index >= 15 is 0 Å². The third kappa shape index (κ3) is 1.80. The molecule has 1 aromatic heterocycles. The summed E-state index contributed by atoms with van der Waals surface area (Å²) in [5.74, 6) is 0.588. The molecule has 1 heterocycles. The first kappa shape index (κ1) is 10.3. The molecule has 0 fully saturated rings. The predicted octanol–water partition coefficient (Wildman–Crippen LogP) is 3.39. The highest BCUT2D eigenvalue weighted by Gasteiger charge is 2.13. The first-order valence-corrected chi connectivity index (χ1v) is 5.01. The second-order valence-electron chi connectivity index (χ2n) is 2.91. The molecule has 15 heavy (non-hydrogen) atoms. The summed E-state index contributed by atoms with van der Waals surface area (Å²) in [5, 5.41) is 7.73. The molecule has 0 saturated heterocycles. The normalized spacial score (nSPS) is 10.3. The van der Waals surface area contributed by atoms with Crippen molar-refractivity contribution >= 4 is 23.2 Å². The van der Waals surface area contributed by atoms with Crippen molar-refractivity contribution in [1.29, 1.82) is 0 Å². The number of H-pyrrole nitrogens is 1. The van der Waals surface area contributed by atoms with Crippen LogP contribution in [0.25, 0.3) is 11.3 Å². The summed E-state index contributed by atoms with van der Waals surface area (Å²) in [6.45, 7) is 0. The summed E-state index contributed by atoms with van der Waals surface area (Å²) >= 11 is 12.0. The second kappa shape index (κ2) is 4.13. The van der Waals surface area contributed by atoms with Gasteiger partial charge in [0.25, 0.3) is 0 Å². The van der Waals surface area contributed by atoms with Gasteiger partial charge in [-0.2, -0.15) is 5.10 Å². The molecule has 0 unspecified atom stereocenters. The fourth-order valence-corrected chi connectivity index (χ4v) is 1.82. The molecule has 3 nitrogen and oxygen atoms in total. The molecule has 1 aromatic carbocycles. The minimum absolute atomic E-state index is 0.538. The van der Waals surface area contributed by atoms with Gasteiger partial charge in [-0.3, -0.25) is 5.10 Å². The number of aromatic nitrogens is 2. The van der Waals surface area contributed by atoms with E-state index in [2.05, 4.69) is 10.2 Å². The molecule has 0 bridgehead atoms. The van der Waals surface area contributed by atoms with Gasteiger partial charge in [0, 0.05) is 5.56 Å². The molecule has 0 amide bonds. The summed E-state index contributed by atoms with van der Waals surface area (Å²) in [5.41, 5.74) is 1.50. The maximum absolute atomic E-state index is 6.00. The summed E-state index contributed by atoms with van der Waals surface area (Å²) in [6.07, 6.45) is 1.54. The molecule has 0 saturated carbocycles. The molecule has 1 N–H and O–H groups in total. The van der Waals surface area contributed by atoms with E-state index in [0.717, 1.165) is 5.56 Å². The highest BCUT2D eigenvalue weighted by Crippen LogP contribution is 2.37. The van der Waals surface area contributed by atoms with Gasteiger partial charge in [0.05, 0.1) is 29.0 Å². The molecule has 2 rings (SSSR count). The second-order valence-corrected chi connectivity index (χ2v) is 3.73. The van der Waals surface area contributed by atoms with Crippen molar-refractivity contribution in [3.8, 4) is 17.0 Å².